The molecule has 0 saturated carbocycles. The number of rotatable bonds is 6. The van der Waals surface area contributed by atoms with Gasteiger partial charge in [0.1, 0.15) is 0 Å². The van der Waals surface area contributed by atoms with Gasteiger partial charge in [0, 0.05) is 6.42 Å². The SMILES string of the molecule is CCC(N)(O)O[Si](C(C)C)(C(C)C)C(C)C. The van der Waals surface area contributed by atoms with Gasteiger partial charge >= 0.3 is 0 Å². The van der Waals surface area contributed by atoms with Gasteiger partial charge in [0.15, 0.2) is 0 Å². The van der Waals surface area contributed by atoms with Gasteiger partial charge in [-0.1, -0.05) is 48.5 Å². The second-order valence-corrected chi connectivity index (χ2v) is 11.0. The highest BCUT2D eigenvalue weighted by Crippen LogP contribution is 2.43. The molecule has 0 aromatic rings. The summed E-state index contributed by atoms with van der Waals surface area (Å²) in [6.07, 6.45) is 0.425. The van der Waals surface area contributed by atoms with Crippen LogP contribution in [0, 0.1) is 0 Å². The van der Waals surface area contributed by atoms with Crippen LogP contribution in [0.1, 0.15) is 54.9 Å². The lowest BCUT2D eigenvalue weighted by atomic mass is 10.4. The Hall–Kier alpha value is 0.0969. The molecule has 0 aliphatic rings. The van der Waals surface area contributed by atoms with Crippen LogP contribution >= 0.6 is 0 Å². The Morgan fingerprint density at radius 2 is 1.38 bits per heavy atom. The molecule has 0 fully saturated rings. The summed E-state index contributed by atoms with van der Waals surface area (Å²) in [7, 11) is -2.06. The van der Waals surface area contributed by atoms with Crippen molar-refractivity contribution in [1.82, 2.24) is 0 Å². The minimum Gasteiger partial charge on any atom is -0.378 e. The van der Waals surface area contributed by atoms with E-state index in [9.17, 15) is 5.11 Å². The van der Waals surface area contributed by atoms with E-state index in [1.54, 1.807) is 0 Å². The van der Waals surface area contributed by atoms with Crippen LogP contribution in [0.4, 0.5) is 0 Å². The summed E-state index contributed by atoms with van der Waals surface area (Å²) in [4.78, 5) is 0. The highest BCUT2D eigenvalue weighted by Gasteiger charge is 2.48. The number of hydrogen-bond acceptors (Lipinski definition) is 3. The summed E-state index contributed by atoms with van der Waals surface area (Å²) in [5, 5.41) is 10.00. The first-order valence-corrected chi connectivity index (χ1v) is 8.45. The van der Waals surface area contributed by atoms with Gasteiger partial charge in [-0.15, -0.1) is 0 Å². The molecule has 0 aromatic carbocycles. The number of nitrogens with two attached hydrogens (primary N) is 1. The zero-order valence-corrected chi connectivity index (χ0v) is 12.9. The standard InChI is InChI=1S/C12H29NO2Si/c1-8-12(13,14)15-16(9(2)3,10(4)5)11(6)7/h9-11,14H,8,13H2,1-7H3. The molecule has 1 atom stereocenters. The smallest absolute Gasteiger partial charge is 0.212 e. The fraction of sp³-hybridized carbons (Fsp3) is 1.00. The van der Waals surface area contributed by atoms with Gasteiger partial charge < -0.3 is 9.53 Å². The van der Waals surface area contributed by atoms with E-state index in [2.05, 4.69) is 41.5 Å². The summed E-state index contributed by atoms with van der Waals surface area (Å²) in [5.74, 6) is -1.47. The molecule has 0 rings (SSSR count). The molecule has 3 N–H and O–H groups in total. The molecule has 3 nitrogen and oxygen atoms in total. The average Bonchev–Trinajstić information content (AvgIpc) is 2.12. The van der Waals surface area contributed by atoms with E-state index in [0.717, 1.165) is 0 Å². The van der Waals surface area contributed by atoms with Crippen LogP contribution in [0.3, 0.4) is 0 Å². The van der Waals surface area contributed by atoms with Crippen molar-refractivity contribution >= 4 is 8.32 Å². The van der Waals surface area contributed by atoms with Crippen molar-refractivity contribution in [3.8, 4) is 0 Å². The molecular weight excluding hydrogens is 218 g/mol. The third-order valence-corrected chi connectivity index (χ3v) is 9.69. The van der Waals surface area contributed by atoms with E-state index in [4.69, 9.17) is 10.2 Å². The fourth-order valence-corrected chi connectivity index (χ4v) is 8.20. The molecule has 0 aliphatic carbocycles. The first kappa shape index (κ1) is 16.1. The highest BCUT2D eigenvalue weighted by atomic mass is 28.4. The zero-order chi connectivity index (χ0) is 13.1. The molecule has 0 aromatic heterocycles. The van der Waals surface area contributed by atoms with Crippen molar-refractivity contribution in [2.45, 2.75) is 77.4 Å². The van der Waals surface area contributed by atoms with Crippen molar-refractivity contribution < 1.29 is 9.53 Å². The van der Waals surface area contributed by atoms with Crippen LogP contribution in [-0.4, -0.2) is 19.3 Å². The zero-order valence-electron chi connectivity index (χ0n) is 11.9. The molecule has 0 amide bonds. The fourth-order valence-electron chi connectivity index (χ4n) is 2.73. The summed E-state index contributed by atoms with van der Waals surface area (Å²) in [5.41, 5.74) is 7.10. The van der Waals surface area contributed by atoms with E-state index >= 15 is 0 Å². The van der Waals surface area contributed by atoms with Gasteiger partial charge in [-0.25, -0.2) is 0 Å². The molecule has 0 heterocycles. The van der Waals surface area contributed by atoms with Crippen LogP contribution in [-0.2, 0) is 4.43 Å². The van der Waals surface area contributed by atoms with E-state index in [0.29, 0.717) is 23.0 Å². The average molecular weight is 247 g/mol. The minimum atomic E-state index is -2.06. The third-order valence-electron chi connectivity index (χ3n) is 3.57. The highest BCUT2D eigenvalue weighted by molar-refractivity contribution is 6.77. The van der Waals surface area contributed by atoms with Gasteiger partial charge in [0.05, 0.1) is 0 Å². The minimum absolute atomic E-state index is 0.425. The number of hydrogen-bond donors (Lipinski definition) is 2. The third kappa shape index (κ3) is 3.29. The monoisotopic (exact) mass is 247 g/mol. The molecule has 0 spiro atoms. The van der Waals surface area contributed by atoms with Gasteiger partial charge in [0.25, 0.3) is 0 Å². The second kappa shape index (κ2) is 5.62. The Bertz CT molecular complexity index is 193. The quantitative estimate of drug-likeness (QED) is 0.560. The normalized spacial score (nSPS) is 17.2. The lowest BCUT2D eigenvalue weighted by Gasteiger charge is -2.46. The van der Waals surface area contributed by atoms with E-state index in [1.165, 1.54) is 0 Å². The van der Waals surface area contributed by atoms with Gasteiger partial charge in [0.2, 0.25) is 14.2 Å². The van der Waals surface area contributed by atoms with Gasteiger partial charge in [-0.3, -0.25) is 5.73 Å². The summed E-state index contributed by atoms with van der Waals surface area (Å²) in [6, 6.07) is 0. The molecule has 0 saturated heterocycles. The van der Waals surface area contributed by atoms with Crippen LogP contribution in [0.2, 0.25) is 16.6 Å². The lowest BCUT2D eigenvalue weighted by Crippen LogP contribution is -2.58. The molecular formula is C12H29NO2Si. The number of aliphatic hydroxyl groups is 1. The first-order valence-electron chi connectivity index (χ1n) is 6.31. The van der Waals surface area contributed by atoms with Gasteiger partial charge in [-0.05, 0) is 16.6 Å². The van der Waals surface area contributed by atoms with Gasteiger partial charge in [-0.2, -0.15) is 0 Å². The molecule has 16 heavy (non-hydrogen) atoms. The summed E-state index contributed by atoms with van der Waals surface area (Å²) in [6.45, 7) is 14.9. The van der Waals surface area contributed by atoms with E-state index in [-0.39, 0.29) is 0 Å². The Balaban J connectivity index is 5.21. The van der Waals surface area contributed by atoms with Crippen LogP contribution < -0.4 is 5.73 Å². The maximum Gasteiger partial charge on any atom is 0.212 e. The van der Waals surface area contributed by atoms with Crippen molar-refractivity contribution in [1.29, 1.82) is 0 Å². The maximum absolute atomic E-state index is 10.00. The molecule has 0 aliphatic heterocycles. The topological polar surface area (TPSA) is 55.5 Å². The molecule has 1 unspecified atom stereocenters. The largest absolute Gasteiger partial charge is 0.378 e. The van der Waals surface area contributed by atoms with Crippen LogP contribution in [0.15, 0.2) is 0 Å². The predicted octanol–water partition coefficient (Wildman–Crippen LogP) is 3.19. The van der Waals surface area contributed by atoms with Crippen molar-refractivity contribution in [3.05, 3.63) is 0 Å². The van der Waals surface area contributed by atoms with E-state index in [1.807, 2.05) is 6.92 Å². The molecule has 0 radical (unpaired) electrons. The lowest BCUT2D eigenvalue weighted by molar-refractivity contribution is -0.145. The first-order chi connectivity index (χ1) is 7.10. The van der Waals surface area contributed by atoms with Crippen molar-refractivity contribution in [2.24, 2.45) is 5.73 Å². The summed E-state index contributed by atoms with van der Waals surface area (Å²) < 4.78 is 6.03. The molecule has 98 valence electrons. The Kier molecular flexibility index (Phi) is 5.66. The molecule has 4 heteroatoms. The second-order valence-electron chi connectivity index (χ2n) is 5.62. The Labute approximate surface area is 102 Å². The van der Waals surface area contributed by atoms with Crippen molar-refractivity contribution in [2.75, 3.05) is 0 Å². The van der Waals surface area contributed by atoms with Crippen LogP contribution in [0.25, 0.3) is 0 Å². The Morgan fingerprint density at radius 3 is 1.56 bits per heavy atom. The molecule has 0 bridgehead atoms. The van der Waals surface area contributed by atoms with Crippen LogP contribution in [0.5, 0.6) is 0 Å². The summed E-state index contributed by atoms with van der Waals surface area (Å²) >= 11 is 0. The maximum atomic E-state index is 10.00. The van der Waals surface area contributed by atoms with Crippen molar-refractivity contribution in [3.63, 3.8) is 0 Å². The predicted molar refractivity (Wildman–Crippen MR) is 71.6 cm³/mol. The Morgan fingerprint density at radius 1 is 1.06 bits per heavy atom. The van der Waals surface area contributed by atoms with E-state index < -0.39 is 14.2 Å².